The van der Waals surface area contributed by atoms with Gasteiger partial charge in [0.05, 0.1) is 6.20 Å². The molecule has 0 radical (unpaired) electrons. The van der Waals surface area contributed by atoms with Gasteiger partial charge in [-0.2, -0.15) is 5.10 Å². The third-order valence-electron chi connectivity index (χ3n) is 4.95. The van der Waals surface area contributed by atoms with Gasteiger partial charge in [0, 0.05) is 39.9 Å². The molecule has 5 nitrogen and oxygen atoms in total. The summed E-state index contributed by atoms with van der Waals surface area (Å²) >= 11 is 0. The summed E-state index contributed by atoms with van der Waals surface area (Å²) in [5, 5.41) is 7.72. The first kappa shape index (κ1) is 17.5. The summed E-state index contributed by atoms with van der Waals surface area (Å²) < 4.78 is 1.85. The molecule has 25 heavy (non-hydrogen) atoms. The van der Waals surface area contributed by atoms with Gasteiger partial charge in [0.2, 0.25) is 0 Å². The lowest BCUT2D eigenvalue weighted by Gasteiger charge is -2.34. The summed E-state index contributed by atoms with van der Waals surface area (Å²) in [5.41, 5.74) is 2.71. The van der Waals surface area contributed by atoms with Gasteiger partial charge in [-0.25, -0.2) is 0 Å². The van der Waals surface area contributed by atoms with Gasteiger partial charge in [-0.05, 0) is 42.7 Å². The highest BCUT2D eigenvalue weighted by molar-refractivity contribution is 5.79. The predicted molar refractivity (Wildman–Crippen MR) is 103 cm³/mol. The predicted octanol–water partition coefficient (Wildman–Crippen LogP) is 2.49. The highest BCUT2D eigenvalue weighted by Crippen LogP contribution is 2.21. The van der Waals surface area contributed by atoms with E-state index in [-0.39, 0.29) is 0 Å². The maximum absolute atomic E-state index is 4.47. The Morgan fingerprint density at radius 2 is 1.96 bits per heavy atom. The van der Waals surface area contributed by atoms with Gasteiger partial charge in [-0.15, -0.1) is 0 Å². The average Bonchev–Trinajstić information content (AvgIpc) is 3.06. The molecule has 1 aromatic heterocycles. The van der Waals surface area contributed by atoms with Crippen molar-refractivity contribution in [3.05, 3.63) is 53.9 Å². The number of guanidine groups is 1. The van der Waals surface area contributed by atoms with Gasteiger partial charge in [0.25, 0.3) is 0 Å². The zero-order valence-electron chi connectivity index (χ0n) is 15.4. The molecule has 5 heteroatoms. The fourth-order valence-corrected chi connectivity index (χ4v) is 3.55. The number of aromatic nitrogens is 2. The van der Waals surface area contributed by atoms with E-state index in [2.05, 4.69) is 56.8 Å². The van der Waals surface area contributed by atoms with Crippen LogP contribution in [0.1, 0.15) is 24.0 Å². The van der Waals surface area contributed by atoms with Gasteiger partial charge in [0.1, 0.15) is 0 Å². The number of aryl methyl sites for hydroxylation is 1. The Labute approximate surface area is 150 Å². The maximum Gasteiger partial charge on any atom is 0.193 e. The van der Waals surface area contributed by atoms with Crippen LogP contribution in [0.15, 0.2) is 47.7 Å². The Morgan fingerprint density at radius 3 is 2.60 bits per heavy atom. The molecule has 0 amide bonds. The quantitative estimate of drug-likeness (QED) is 0.672. The van der Waals surface area contributed by atoms with Crippen molar-refractivity contribution in [1.82, 2.24) is 20.0 Å². The topological polar surface area (TPSA) is 45.5 Å². The van der Waals surface area contributed by atoms with Crippen LogP contribution in [0.4, 0.5) is 0 Å². The fourth-order valence-electron chi connectivity index (χ4n) is 3.55. The Bertz CT molecular complexity index is 668. The van der Waals surface area contributed by atoms with Crippen LogP contribution in [-0.2, 0) is 19.9 Å². The first-order chi connectivity index (χ1) is 12.2. The molecular formula is C20H29N5. The molecule has 1 aromatic carbocycles. The fraction of sp³-hybridized carbons (Fsp3) is 0.500. The van der Waals surface area contributed by atoms with E-state index in [9.17, 15) is 0 Å². The largest absolute Gasteiger partial charge is 0.356 e. The molecule has 0 bridgehead atoms. The van der Waals surface area contributed by atoms with Crippen LogP contribution in [0.25, 0.3) is 0 Å². The van der Waals surface area contributed by atoms with Gasteiger partial charge in [-0.1, -0.05) is 30.3 Å². The van der Waals surface area contributed by atoms with E-state index in [1.165, 1.54) is 30.4 Å². The van der Waals surface area contributed by atoms with Crippen LogP contribution in [0.2, 0.25) is 0 Å². The van der Waals surface area contributed by atoms with Crippen molar-refractivity contribution in [1.29, 1.82) is 0 Å². The summed E-state index contributed by atoms with van der Waals surface area (Å²) in [6.45, 7) is 3.07. The number of benzene rings is 1. The van der Waals surface area contributed by atoms with Crippen molar-refractivity contribution < 1.29 is 0 Å². The summed E-state index contributed by atoms with van der Waals surface area (Å²) in [4.78, 5) is 6.86. The van der Waals surface area contributed by atoms with E-state index in [0.717, 1.165) is 37.9 Å². The molecule has 0 spiro atoms. The standard InChI is InChI=1S/C20H29N5/c1-21-20(22-11-8-19-15-23-24(2)16-19)25-12-9-18(10-13-25)14-17-6-4-3-5-7-17/h3-7,15-16,18H,8-14H2,1-2H3,(H,21,22). The summed E-state index contributed by atoms with van der Waals surface area (Å²) in [6, 6.07) is 10.8. The van der Waals surface area contributed by atoms with E-state index >= 15 is 0 Å². The minimum absolute atomic E-state index is 0.784. The van der Waals surface area contributed by atoms with Gasteiger partial charge < -0.3 is 10.2 Å². The lowest BCUT2D eigenvalue weighted by molar-refractivity contribution is 0.259. The first-order valence-corrected chi connectivity index (χ1v) is 9.21. The molecule has 1 saturated heterocycles. The minimum atomic E-state index is 0.784. The van der Waals surface area contributed by atoms with Crippen molar-refractivity contribution in [2.75, 3.05) is 26.7 Å². The molecule has 134 valence electrons. The van der Waals surface area contributed by atoms with Crippen LogP contribution in [0.3, 0.4) is 0 Å². The second-order valence-electron chi connectivity index (χ2n) is 6.87. The van der Waals surface area contributed by atoms with Crippen LogP contribution < -0.4 is 5.32 Å². The molecule has 1 N–H and O–H groups in total. The smallest absolute Gasteiger partial charge is 0.193 e. The molecule has 2 aromatic rings. The van der Waals surface area contributed by atoms with Gasteiger partial charge in [-0.3, -0.25) is 9.67 Å². The Balaban J connectivity index is 1.42. The molecular weight excluding hydrogens is 310 g/mol. The van der Waals surface area contributed by atoms with Crippen LogP contribution in [-0.4, -0.2) is 47.3 Å². The zero-order valence-corrected chi connectivity index (χ0v) is 15.4. The van der Waals surface area contributed by atoms with E-state index in [1.807, 2.05) is 25.0 Å². The highest BCUT2D eigenvalue weighted by Gasteiger charge is 2.21. The summed E-state index contributed by atoms with van der Waals surface area (Å²) in [5.74, 6) is 1.81. The maximum atomic E-state index is 4.47. The lowest BCUT2D eigenvalue weighted by atomic mass is 9.90. The van der Waals surface area contributed by atoms with Crippen LogP contribution in [0, 0.1) is 5.92 Å². The number of hydrogen-bond donors (Lipinski definition) is 1. The third-order valence-corrected chi connectivity index (χ3v) is 4.95. The lowest BCUT2D eigenvalue weighted by Crippen LogP contribution is -2.46. The van der Waals surface area contributed by atoms with E-state index in [0.29, 0.717) is 0 Å². The molecule has 1 aliphatic heterocycles. The van der Waals surface area contributed by atoms with Crippen molar-refractivity contribution in [2.45, 2.75) is 25.7 Å². The van der Waals surface area contributed by atoms with Crippen molar-refractivity contribution >= 4 is 5.96 Å². The SMILES string of the molecule is CN=C(NCCc1cnn(C)c1)N1CCC(Cc2ccccc2)CC1. The number of aliphatic imine (C=N–C) groups is 1. The summed E-state index contributed by atoms with van der Waals surface area (Å²) in [7, 11) is 3.83. The number of piperidine rings is 1. The van der Waals surface area contributed by atoms with Gasteiger partial charge in [0.15, 0.2) is 5.96 Å². The molecule has 2 heterocycles. The molecule has 3 rings (SSSR count). The van der Waals surface area contributed by atoms with Crippen LogP contribution >= 0.6 is 0 Å². The Morgan fingerprint density at radius 1 is 1.20 bits per heavy atom. The molecule has 0 unspecified atom stereocenters. The molecule has 1 aliphatic rings. The van der Waals surface area contributed by atoms with Crippen molar-refractivity contribution in [3.8, 4) is 0 Å². The molecule has 0 saturated carbocycles. The minimum Gasteiger partial charge on any atom is -0.356 e. The van der Waals surface area contributed by atoms with E-state index in [4.69, 9.17) is 0 Å². The number of hydrogen-bond acceptors (Lipinski definition) is 2. The number of likely N-dealkylation sites (tertiary alicyclic amines) is 1. The number of rotatable bonds is 5. The summed E-state index contributed by atoms with van der Waals surface area (Å²) in [6.07, 6.45) is 8.63. The van der Waals surface area contributed by atoms with Crippen molar-refractivity contribution in [3.63, 3.8) is 0 Å². The number of nitrogens with one attached hydrogen (secondary N) is 1. The molecule has 1 fully saturated rings. The zero-order chi connectivity index (χ0) is 17.5. The number of nitrogens with zero attached hydrogens (tertiary/aromatic N) is 4. The molecule has 0 aliphatic carbocycles. The highest BCUT2D eigenvalue weighted by atomic mass is 15.3. The Hall–Kier alpha value is -2.30. The monoisotopic (exact) mass is 339 g/mol. The molecule has 0 atom stereocenters. The second-order valence-corrected chi connectivity index (χ2v) is 6.87. The third kappa shape index (κ3) is 5.08. The Kier molecular flexibility index (Phi) is 6.09. The van der Waals surface area contributed by atoms with E-state index in [1.54, 1.807) is 0 Å². The van der Waals surface area contributed by atoms with Crippen LogP contribution in [0.5, 0.6) is 0 Å². The average molecular weight is 339 g/mol. The van der Waals surface area contributed by atoms with Gasteiger partial charge >= 0.3 is 0 Å². The van der Waals surface area contributed by atoms with E-state index < -0.39 is 0 Å². The van der Waals surface area contributed by atoms with Crippen molar-refractivity contribution in [2.24, 2.45) is 18.0 Å². The first-order valence-electron chi connectivity index (χ1n) is 9.21. The second kappa shape index (κ2) is 8.70. The normalized spacial score (nSPS) is 16.2.